The van der Waals surface area contributed by atoms with Crippen LogP contribution >= 0.6 is 0 Å². The van der Waals surface area contributed by atoms with Gasteiger partial charge in [-0.05, 0) is 38.6 Å². The van der Waals surface area contributed by atoms with Crippen molar-refractivity contribution in [3.05, 3.63) is 29.8 Å². The first-order valence-corrected chi connectivity index (χ1v) is 6.89. The molecular formula is C15H23N3O. The summed E-state index contributed by atoms with van der Waals surface area (Å²) in [6, 6.07) is 7.88. The fourth-order valence-electron chi connectivity index (χ4n) is 2.70. The molecule has 1 fully saturated rings. The monoisotopic (exact) mass is 261 g/mol. The molecule has 1 aromatic carbocycles. The molecule has 1 aromatic rings. The molecule has 1 aliphatic rings. The molecule has 0 spiro atoms. The molecule has 4 nitrogen and oxygen atoms in total. The molecule has 0 aromatic heterocycles. The quantitative estimate of drug-likeness (QED) is 0.818. The first-order valence-electron chi connectivity index (χ1n) is 6.89. The number of amides is 1. The van der Waals surface area contributed by atoms with Gasteiger partial charge in [0.05, 0.1) is 6.42 Å². The predicted octanol–water partition coefficient (Wildman–Crippen LogP) is 1.36. The second-order valence-electron chi connectivity index (χ2n) is 5.43. The molecule has 19 heavy (non-hydrogen) atoms. The van der Waals surface area contributed by atoms with Gasteiger partial charge in [-0.1, -0.05) is 18.2 Å². The van der Waals surface area contributed by atoms with Gasteiger partial charge in [-0.3, -0.25) is 4.79 Å². The largest absolute Gasteiger partial charge is 0.398 e. The molecule has 1 saturated heterocycles. The Morgan fingerprint density at radius 1 is 1.37 bits per heavy atom. The smallest absolute Gasteiger partial charge is 0.227 e. The van der Waals surface area contributed by atoms with Gasteiger partial charge in [-0.25, -0.2) is 0 Å². The highest BCUT2D eigenvalue weighted by Gasteiger charge is 2.24. The summed E-state index contributed by atoms with van der Waals surface area (Å²) in [6.07, 6.45) is 1.44. The van der Waals surface area contributed by atoms with Crippen molar-refractivity contribution in [2.45, 2.75) is 25.8 Å². The molecule has 1 aliphatic heterocycles. The Morgan fingerprint density at radius 3 is 2.84 bits per heavy atom. The summed E-state index contributed by atoms with van der Waals surface area (Å²) in [5.74, 6) is 0.181. The lowest BCUT2D eigenvalue weighted by Crippen LogP contribution is -2.42. The van der Waals surface area contributed by atoms with Crippen molar-refractivity contribution in [1.82, 2.24) is 9.80 Å². The number of nitrogen functional groups attached to an aromatic ring is 1. The second-order valence-corrected chi connectivity index (χ2v) is 5.43. The average Bonchev–Trinajstić information content (AvgIpc) is 2.53. The van der Waals surface area contributed by atoms with Crippen molar-refractivity contribution in [3.63, 3.8) is 0 Å². The van der Waals surface area contributed by atoms with Crippen molar-refractivity contribution >= 4 is 11.6 Å². The van der Waals surface area contributed by atoms with Gasteiger partial charge >= 0.3 is 0 Å². The van der Waals surface area contributed by atoms with Crippen molar-refractivity contribution in [1.29, 1.82) is 0 Å². The number of nitrogens with zero attached hydrogens (tertiary/aromatic N) is 2. The minimum atomic E-state index is 0.181. The van der Waals surface area contributed by atoms with E-state index in [-0.39, 0.29) is 11.9 Å². The van der Waals surface area contributed by atoms with Crippen molar-refractivity contribution < 1.29 is 4.79 Å². The highest BCUT2D eigenvalue weighted by molar-refractivity contribution is 5.80. The molecule has 1 heterocycles. The Bertz CT molecular complexity index is 447. The topological polar surface area (TPSA) is 49.6 Å². The molecule has 4 heteroatoms. The van der Waals surface area contributed by atoms with Crippen LogP contribution in [0, 0.1) is 0 Å². The molecule has 1 amide bonds. The summed E-state index contributed by atoms with van der Waals surface area (Å²) < 4.78 is 0. The van der Waals surface area contributed by atoms with E-state index in [4.69, 9.17) is 5.73 Å². The van der Waals surface area contributed by atoms with E-state index in [9.17, 15) is 4.79 Å². The molecule has 0 bridgehead atoms. The summed E-state index contributed by atoms with van der Waals surface area (Å²) in [4.78, 5) is 16.7. The van der Waals surface area contributed by atoms with Crippen LogP contribution in [0.25, 0.3) is 0 Å². The maximum Gasteiger partial charge on any atom is 0.227 e. The van der Waals surface area contributed by atoms with Crippen LogP contribution in [-0.4, -0.2) is 48.4 Å². The van der Waals surface area contributed by atoms with E-state index in [0.29, 0.717) is 12.1 Å². The van der Waals surface area contributed by atoms with E-state index < -0.39 is 0 Å². The van der Waals surface area contributed by atoms with Gasteiger partial charge < -0.3 is 15.5 Å². The van der Waals surface area contributed by atoms with Gasteiger partial charge in [-0.2, -0.15) is 0 Å². The molecule has 2 N–H and O–H groups in total. The first kappa shape index (κ1) is 13.9. The minimum absolute atomic E-state index is 0.181. The van der Waals surface area contributed by atoms with E-state index in [1.807, 2.05) is 29.2 Å². The van der Waals surface area contributed by atoms with E-state index in [1.54, 1.807) is 0 Å². The molecule has 0 aliphatic carbocycles. The number of anilines is 1. The van der Waals surface area contributed by atoms with Gasteiger partial charge in [0.1, 0.15) is 0 Å². The molecular weight excluding hydrogens is 238 g/mol. The maximum absolute atomic E-state index is 12.4. The number of carbonyl (C=O) groups excluding carboxylic acids is 1. The van der Waals surface area contributed by atoms with Crippen molar-refractivity contribution in [2.24, 2.45) is 0 Å². The highest BCUT2D eigenvalue weighted by Crippen LogP contribution is 2.15. The molecule has 104 valence electrons. The summed E-state index contributed by atoms with van der Waals surface area (Å²) in [5, 5.41) is 0. The average molecular weight is 261 g/mol. The molecule has 1 atom stereocenters. The fraction of sp³-hybridized carbons (Fsp3) is 0.533. The predicted molar refractivity (Wildman–Crippen MR) is 77.8 cm³/mol. The number of hydrogen-bond donors (Lipinski definition) is 1. The Kier molecular flexibility index (Phi) is 4.43. The standard InChI is InChI=1S/C15H23N3O/c1-12-11-17(2)8-5-9-18(12)15(19)10-13-6-3-4-7-14(13)16/h3-4,6-7,12H,5,8-11,16H2,1-2H3. The van der Waals surface area contributed by atoms with Gasteiger partial charge in [-0.15, -0.1) is 0 Å². The van der Waals surface area contributed by atoms with Gasteiger partial charge in [0.25, 0.3) is 0 Å². The van der Waals surface area contributed by atoms with Crippen LogP contribution in [0.4, 0.5) is 5.69 Å². The Labute approximate surface area is 115 Å². The van der Waals surface area contributed by atoms with Crippen LogP contribution in [0.1, 0.15) is 18.9 Å². The number of rotatable bonds is 2. The summed E-state index contributed by atoms with van der Waals surface area (Å²) in [7, 11) is 2.11. The normalized spacial score (nSPS) is 21.2. The third-order valence-corrected chi connectivity index (χ3v) is 3.76. The first-order chi connectivity index (χ1) is 9.08. The van der Waals surface area contributed by atoms with Crippen LogP contribution in [0.2, 0.25) is 0 Å². The number of nitrogens with two attached hydrogens (primary N) is 1. The molecule has 1 unspecified atom stereocenters. The van der Waals surface area contributed by atoms with Gasteiger partial charge in [0.15, 0.2) is 0 Å². The third-order valence-electron chi connectivity index (χ3n) is 3.76. The minimum Gasteiger partial charge on any atom is -0.398 e. The molecule has 0 saturated carbocycles. The Hall–Kier alpha value is -1.55. The summed E-state index contributed by atoms with van der Waals surface area (Å²) in [6.45, 7) is 4.96. The van der Waals surface area contributed by atoms with Crippen molar-refractivity contribution in [3.8, 4) is 0 Å². The lowest BCUT2D eigenvalue weighted by atomic mass is 10.1. The maximum atomic E-state index is 12.4. The summed E-state index contributed by atoms with van der Waals surface area (Å²) >= 11 is 0. The zero-order valence-corrected chi connectivity index (χ0v) is 11.8. The lowest BCUT2D eigenvalue weighted by Gasteiger charge is -2.28. The lowest BCUT2D eigenvalue weighted by molar-refractivity contribution is -0.132. The molecule has 2 rings (SSSR count). The van der Waals surface area contributed by atoms with E-state index in [1.165, 1.54) is 0 Å². The van der Waals surface area contributed by atoms with Crippen LogP contribution in [0.3, 0.4) is 0 Å². The van der Waals surface area contributed by atoms with E-state index in [2.05, 4.69) is 18.9 Å². The van der Waals surface area contributed by atoms with Crippen LogP contribution < -0.4 is 5.73 Å². The van der Waals surface area contributed by atoms with E-state index >= 15 is 0 Å². The number of benzene rings is 1. The van der Waals surface area contributed by atoms with Crippen LogP contribution in [0.5, 0.6) is 0 Å². The summed E-state index contributed by atoms with van der Waals surface area (Å²) in [5.41, 5.74) is 7.54. The highest BCUT2D eigenvalue weighted by atomic mass is 16.2. The van der Waals surface area contributed by atoms with Crippen molar-refractivity contribution in [2.75, 3.05) is 32.4 Å². The van der Waals surface area contributed by atoms with Gasteiger partial charge in [0, 0.05) is 24.8 Å². The number of hydrogen-bond acceptors (Lipinski definition) is 3. The SMILES string of the molecule is CC1CN(C)CCCN1C(=O)Cc1ccccc1N. The van der Waals surface area contributed by atoms with Gasteiger partial charge in [0.2, 0.25) is 5.91 Å². The fourth-order valence-corrected chi connectivity index (χ4v) is 2.70. The Morgan fingerprint density at radius 2 is 2.11 bits per heavy atom. The Balaban J connectivity index is 2.05. The number of para-hydroxylation sites is 1. The number of carbonyl (C=O) groups is 1. The zero-order valence-electron chi connectivity index (χ0n) is 11.8. The van der Waals surface area contributed by atoms with E-state index in [0.717, 1.165) is 31.6 Å². The zero-order chi connectivity index (χ0) is 13.8. The second kappa shape index (κ2) is 6.06. The number of likely N-dealkylation sites (N-methyl/N-ethyl adjacent to an activating group) is 1. The van der Waals surface area contributed by atoms with Crippen LogP contribution in [0.15, 0.2) is 24.3 Å². The van der Waals surface area contributed by atoms with Crippen LogP contribution in [-0.2, 0) is 11.2 Å². The third kappa shape index (κ3) is 3.47. The molecule has 0 radical (unpaired) electrons.